The molecular weight excluding hydrogens is 212 g/mol. The molecule has 0 saturated heterocycles. The van der Waals surface area contributed by atoms with Crippen LogP contribution in [0.25, 0.3) is 10.9 Å². The van der Waals surface area contributed by atoms with E-state index in [0.29, 0.717) is 0 Å². The number of hydrogen-bond acceptors (Lipinski definition) is 1. The summed E-state index contributed by atoms with van der Waals surface area (Å²) in [6, 6.07) is 7.81. The Morgan fingerprint density at radius 2 is 2.24 bits per heavy atom. The number of carbonyl (C=O) groups excluding carboxylic acids is 1. The minimum atomic E-state index is -0.0401. The number of fused-ring (bicyclic) bond motifs is 1. The Morgan fingerprint density at radius 3 is 3.00 bits per heavy atom. The molecule has 0 bridgehead atoms. The summed E-state index contributed by atoms with van der Waals surface area (Å²) < 4.78 is 0. The Morgan fingerprint density at radius 1 is 1.41 bits per heavy atom. The van der Waals surface area contributed by atoms with E-state index in [1.165, 1.54) is 0 Å². The van der Waals surface area contributed by atoms with Crippen LogP contribution in [-0.4, -0.2) is 10.9 Å². The van der Waals surface area contributed by atoms with Gasteiger partial charge >= 0.3 is 0 Å². The third-order valence-electron chi connectivity index (χ3n) is 2.68. The van der Waals surface area contributed by atoms with Crippen molar-refractivity contribution in [3.8, 4) is 0 Å². The van der Waals surface area contributed by atoms with Crippen molar-refractivity contribution in [2.45, 2.75) is 20.3 Å². The molecule has 1 heterocycles. The van der Waals surface area contributed by atoms with Gasteiger partial charge in [0.15, 0.2) is 0 Å². The molecule has 0 spiro atoms. The molecule has 0 fully saturated rings. The monoisotopic (exact) mass is 228 g/mol. The lowest BCUT2D eigenvalue weighted by Crippen LogP contribution is -2.12. The van der Waals surface area contributed by atoms with Crippen LogP contribution in [0.4, 0.5) is 5.69 Å². The summed E-state index contributed by atoms with van der Waals surface area (Å²) >= 11 is 0. The smallest absolute Gasteiger partial charge is 0.250 e. The van der Waals surface area contributed by atoms with E-state index in [0.717, 1.165) is 28.6 Å². The molecule has 1 aromatic heterocycles. The van der Waals surface area contributed by atoms with Crippen LogP contribution in [0.5, 0.6) is 0 Å². The highest BCUT2D eigenvalue weighted by Gasteiger charge is 2.04. The highest BCUT2D eigenvalue weighted by atomic mass is 16.1. The van der Waals surface area contributed by atoms with Gasteiger partial charge in [0.05, 0.1) is 0 Å². The van der Waals surface area contributed by atoms with Crippen LogP contribution in [-0.2, 0) is 4.79 Å². The molecule has 2 aromatic rings. The van der Waals surface area contributed by atoms with E-state index in [-0.39, 0.29) is 5.91 Å². The highest BCUT2D eigenvalue weighted by Crippen LogP contribution is 2.18. The van der Waals surface area contributed by atoms with Crippen molar-refractivity contribution in [2.24, 2.45) is 0 Å². The van der Waals surface area contributed by atoms with Gasteiger partial charge in [0.25, 0.3) is 5.91 Å². The van der Waals surface area contributed by atoms with Gasteiger partial charge in [-0.25, -0.2) is 0 Å². The van der Waals surface area contributed by atoms with Crippen molar-refractivity contribution in [2.75, 3.05) is 5.32 Å². The molecule has 0 atom stereocenters. The number of hydrogen-bond donors (Lipinski definition) is 2. The fourth-order valence-electron chi connectivity index (χ4n) is 1.76. The second-order valence-electron chi connectivity index (χ2n) is 4.03. The minimum Gasteiger partial charge on any atom is -0.361 e. The Hall–Kier alpha value is -2.03. The zero-order valence-electron chi connectivity index (χ0n) is 10.1. The first kappa shape index (κ1) is 11.5. The van der Waals surface area contributed by atoms with Crippen LogP contribution in [0, 0.1) is 0 Å². The number of benzene rings is 1. The summed E-state index contributed by atoms with van der Waals surface area (Å²) in [6.07, 6.45) is 4.68. The van der Waals surface area contributed by atoms with Crippen LogP contribution >= 0.6 is 0 Å². The number of aromatic nitrogens is 1. The molecule has 0 radical (unpaired) electrons. The van der Waals surface area contributed by atoms with Crippen LogP contribution in [0.2, 0.25) is 0 Å². The number of H-pyrrole nitrogens is 1. The maximum Gasteiger partial charge on any atom is 0.250 e. The number of anilines is 1. The number of allylic oxidation sites excluding steroid dienone is 1. The molecule has 0 aliphatic heterocycles. The summed E-state index contributed by atoms with van der Waals surface area (Å²) in [5.74, 6) is -0.0401. The standard InChI is InChI=1S/C14H16N2O/c1-3-4-10(2)14(17)16-12-5-6-13-11(9-12)7-8-15-13/h4-9,15H,3H2,1-2H3,(H,16,17)/b10-4-. The zero-order chi connectivity index (χ0) is 12.3. The normalized spacial score (nSPS) is 11.8. The van der Waals surface area contributed by atoms with Gasteiger partial charge in [-0.3, -0.25) is 4.79 Å². The van der Waals surface area contributed by atoms with Gasteiger partial charge < -0.3 is 10.3 Å². The van der Waals surface area contributed by atoms with E-state index >= 15 is 0 Å². The van der Waals surface area contributed by atoms with Crippen LogP contribution < -0.4 is 5.32 Å². The van der Waals surface area contributed by atoms with Gasteiger partial charge in [-0.15, -0.1) is 0 Å². The number of amides is 1. The Bertz CT molecular complexity index is 566. The molecule has 2 N–H and O–H groups in total. The summed E-state index contributed by atoms with van der Waals surface area (Å²) in [4.78, 5) is 14.9. The van der Waals surface area contributed by atoms with Crippen LogP contribution in [0.15, 0.2) is 42.1 Å². The molecule has 1 amide bonds. The summed E-state index contributed by atoms with van der Waals surface area (Å²) in [5, 5.41) is 3.98. The maximum absolute atomic E-state index is 11.8. The summed E-state index contributed by atoms with van der Waals surface area (Å²) in [7, 11) is 0. The van der Waals surface area contributed by atoms with Gasteiger partial charge in [-0.2, -0.15) is 0 Å². The lowest BCUT2D eigenvalue weighted by molar-refractivity contribution is -0.112. The number of nitrogens with one attached hydrogen (secondary N) is 2. The highest BCUT2D eigenvalue weighted by molar-refractivity contribution is 6.04. The van der Waals surface area contributed by atoms with Gasteiger partial charge in [-0.1, -0.05) is 13.0 Å². The molecule has 0 unspecified atom stereocenters. The van der Waals surface area contributed by atoms with Crippen LogP contribution in [0.1, 0.15) is 20.3 Å². The first-order valence-corrected chi connectivity index (χ1v) is 5.76. The summed E-state index contributed by atoms with van der Waals surface area (Å²) in [6.45, 7) is 3.84. The molecular formula is C14H16N2O. The largest absolute Gasteiger partial charge is 0.361 e. The van der Waals surface area contributed by atoms with Gasteiger partial charge in [0, 0.05) is 28.4 Å². The molecule has 3 heteroatoms. The lowest BCUT2D eigenvalue weighted by atomic mass is 10.2. The topological polar surface area (TPSA) is 44.9 Å². The van der Waals surface area contributed by atoms with Crippen LogP contribution in [0.3, 0.4) is 0 Å². The first-order valence-electron chi connectivity index (χ1n) is 5.76. The Balaban J connectivity index is 2.18. The average Bonchev–Trinajstić information content (AvgIpc) is 2.76. The average molecular weight is 228 g/mol. The van der Waals surface area contributed by atoms with Gasteiger partial charge in [-0.05, 0) is 37.6 Å². The zero-order valence-corrected chi connectivity index (χ0v) is 10.1. The molecule has 0 aliphatic carbocycles. The van der Waals surface area contributed by atoms with Crippen molar-refractivity contribution >= 4 is 22.5 Å². The Kier molecular flexibility index (Phi) is 3.28. The van der Waals surface area contributed by atoms with Gasteiger partial charge in [0.2, 0.25) is 0 Å². The molecule has 0 saturated carbocycles. The Labute approximate surface area is 101 Å². The van der Waals surface area contributed by atoms with E-state index in [9.17, 15) is 4.79 Å². The number of carbonyl (C=O) groups is 1. The second kappa shape index (κ2) is 4.87. The van der Waals surface area contributed by atoms with E-state index < -0.39 is 0 Å². The molecule has 88 valence electrons. The van der Waals surface area contributed by atoms with E-state index in [1.807, 2.05) is 50.4 Å². The molecule has 2 rings (SSSR count). The fraction of sp³-hybridized carbons (Fsp3) is 0.214. The SMILES string of the molecule is CC/C=C(/C)C(=O)Nc1ccc2[nH]ccc2c1. The lowest BCUT2D eigenvalue weighted by Gasteiger charge is -2.05. The second-order valence-corrected chi connectivity index (χ2v) is 4.03. The minimum absolute atomic E-state index is 0.0401. The van der Waals surface area contributed by atoms with Crippen molar-refractivity contribution < 1.29 is 4.79 Å². The third kappa shape index (κ3) is 2.56. The molecule has 0 aliphatic rings. The predicted octanol–water partition coefficient (Wildman–Crippen LogP) is 3.46. The van der Waals surface area contributed by atoms with E-state index in [1.54, 1.807) is 0 Å². The number of rotatable bonds is 3. The predicted molar refractivity (Wildman–Crippen MR) is 71.0 cm³/mol. The fourth-order valence-corrected chi connectivity index (χ4v) is 1.76. The first-order chi connectivity index (χ1) is 8.20. The number of aromatic amines is 1. The molecule has 17 heavy (non-hydrogen) atoms. The van der Waals surface area contributed by atoms with Crippen molar-refractivity contribution in [1.82, 2.24) is 4.98 Å². The molecule has 3 nitrogen and oxygen atoms in total. The van der Waals surface area contributed by atoms with E-state index in [4.69, 9.17) is 0 Å². The quantitative estimate of drug-likeness (QED) is 0.776. The maximum atomic E-state index is 11.8. The van der Waals surface area contributed by atoms with Crippen molar-refractivity contribution in [1.29, 1.82) is 0 Å². The third-order valence-corrected chi connectivity index (χ3v) is 2.68. The van der Waals surface area contributed by atoms with Gasteiger partial charge in [0.1, 0.15) is 0 Å². The van der Waals surface area contributed by atoms with Crippen molar-refractivity contribution in [3.05, 3.63) is 42.1 Å². The van der Waals surface area contributed by atoms with E-state index in [2.05, 4.69) is 10.3 Å². The summed E-state index contributed by atoms with van der Waals surface area (Å²) in [5.41, 5.74) is 2.65. The van der Waals surface area contributed by atoms with Crippen molar-refractivity contribution in [3.63, 3.8) is 0 Å². The molecule has 1 aromatic carbocycles.